The molecular weight excluding hydrogens is 393 g/mol. The van der Waals surface area contributed by atoms with Crippen LogP contribution in [0, 0.1) is 24.1 Å². The fourth-order valence-corrected chi connectivity index (χ4v) is 4.27. The molecule has 0 bridgehead atoms. The summed E-state index contributed by atoms with van der Waals surface area (Å²) in [5.41, 5.74) is 3.71. The van der Waals surface area contributed by atoms with Gasteiger partial charge in [0.2, 0.25) is 5.91 Å². The Labute approximate surface area is 171 Å². The minimum Gasteiger partial charge on any atom is -0.311 e. The van der Waals surface area contributed by atoms with Gasteiger partial charge in [-0.15, -0.1) is 11.3 Å². The van der Waals surface area contributed by atoms with Gasteiger partial charge in [0.05, 0.1) is 23.9 Å². The highest BCUT2D eigenvalue weighted by molar-refractivity contribution is 8.01. The van der Waals surface area contributed by atoms with Gasteiger partial charge in [-0.25, -0.2) is 9.37 Å². The monoisotopic (exact) mass is 411 g/mol. The lowest BCUT2D eigenvalue weighted by molar-refractivity contribution is -0.116. The number of hydrogen-bond acceptors (Lipinski definition) is 5. The van der Waals surface area contributed by atoms with Gasteiger partial charge in [0.25, 0.3) is 0 Å². The average molecular weight is 412 g/mol. The first kappa shape index (κ1) is 20.1. The molecule has 0 unspecified atom stereocenters. The van der Waals surface area contributed by atoms with Gasteiger partial charge >= 0.3 is 0 Å². The lowest BCUT2D eigenvalue weighted by Crippen LogP contribution is -2.33. The number of halogens is 1. The molecule has 0 saturated heterocycles. The summed E-state index contributed by atoms with van der Waals surface area (Å²) in [6, 6.07) is 15.9. The summed E-state index contributed by atoms with van der Waals surface area (Å²) in [6.07, 6.45) is 0.211. The second-order valence-corrected chi connectivity index (χ2v) is 8.16. The van der Waals surface area contributed by atoms with E-state index in [0.717, 1.165) is 15.6 Å². The first-order valence-electron chi connectivity index (χ1n) is 8.65. The number of carbonyl (C=O) groups excluding carboxylic acids is 1. The van der Waals surface area contributed by atoms with Crippen LogP contribution >= 0.6 is 23.1 Å². The quantitative estimate of drug-likeness (QED) is 0.495. The van der Waals surface area contributed by atoms with Crippen molar-refractivity contribution >= 4 is 34.7 Å². The van der Waals surface area contributed by atoms with E-state index in [4.69, 9.17) is 5.26 Å². The Balaban J connectivity index is 1.66. The number of rotatable bonds is 7. The van der Waals surface area contributed by atoms with Crippen molar-refractivity contribution in [3.63, 3.8) is 0 Å². The average Bonchev–Trinajstić information content (AvgIpc) is 3.17. The van der Waals surface area contributed by atoms with Gasteiger partial charge < -0.3 is 4.90 Å². The summed E-state index contributed by atoms with van der Waals surface area (Å²) in [5, 5.41) is 10.8. The van der Waals surface area contributed by atoms with Crippen molar-refractivity contribution in [2.45, 2.75) is 17.7 Å². The van der Waals surface area contributed by atoms with E-state index in [0.29, 0.717) is 5.69 Å². The smallest absolute Gasteiger partial charge is 0.237 e. The minimum absolute atomic E-state index is 0.140. The highest BCUT2D eigenvalue weighted by atomic mass is 32.2. The third-order valence-electron chi connectivity index (χ3n) is 4.04. The van der Waals surface area contributed by atoms with Crippen LogP contribution in [0.3, 0.4) is 0 Å². The SMILES string of the molecule is Cc1ccc(-c2csc(SCC(=O)N(CCC#N)c3ccc(F)cc3)n2)cc1. The number of anilines is 1. The highest BCUT2D eigenvalue weighted by Gasteiger charge is 2.17. The maximum atomic E-state index is 13.2. The van der Waals surface area contributed by atoms with Gasteiger partial charge in [-0.1, -0.05) is 41.6 Å². The summed E-state index contributed by atoms with van der Waals surface area (Å²) >= 11 is 2.86. The molecule has 1 heterocycles. The number of benzene rings is 2. The van der Waals surface area contributed by atoms with E-state index in [1.54, 1.807) is 12.1 Å². The standard InChI is InChI=1S/C21H18FN3OS2/c1-15-3-5-16(6-4-15)19-13-27-21(24-19)28-14-20(26)25(12-2-11-23)18-9-7-17(22)8-10-18/h3-10,13H,2,12,14H2,1H3. The number of aryl methyl sites for hydroxylation is 1. The Hall–Kier alpha value is -2.69. The van der Waals surface area contributed by atoms with E-state index in [9.17, 15) is 9.18 Å². The Kier molecular flexibility index (Phi) is 6.80. The number of aromatic nitrogens is 1. The Morgan fingerprint density at radius 1 is 1.21 bits per heavy atom. The van der Waals surface area contributed by atoms with Gasteiger partial charge in [0.15, 0.2) is 4.34 Å². The molecule has 0 saturated carbocycles. The Bertz CT molecular complexity index is 978. The predicted molar refractivity (Wildman–Crippen MR) is 112 cm³/mol. The number of amides is 1. The third-order valence-corrected chi connectivity index (χ3v) is 6.04. The lowest BCUT2D eigenvalue weighted by atomic mass is 10.1. The molecule has 7 heteroatoms. The molecule has 0 spiro atoms. The summed E-state index contributed by atoms with van der Waals surface area (Å²) in [7, 11) is 0. The molecule has 1 amide bonds. The van der Waals surface area contributed by atoms with Crippen molar-refractivity contribution in [2.75, 3.05) is 17.2 Å². The number of carbonyl (C=O) groups is 1. The molecule has 3 rings (SSSR count). The van der Waals surface area contributed by atoms with Gasteiger partial charge in [-0.05, 0) is 31.2 Å². The summed E-state index contributed by atoms with van der Waals surface area (Å²) in [4.78, 5) is 18.8. The lowest BCUT2D eigenvalue weighted by Gasteiger charge is -2.21. The maximum absolute atomic E-state index is 13.2. The highest BCUT2D eigenvalue weighted by Crippen LogP contribution is 2.29. The molecule has 0 aliphatic heterocycles. The molecule has 0 radical (unpaired) electrons. The van der Waals surface area contributed by atoms with Crippen LogP contribution in [0.25, 0.3) is 11.3 Å². The van der Waals surface area contributed by atoms with Crippen molar-refractivity contribution < 1.29 is 9.18 Å². The van der Waals surface area contributed by atoms with Crippen LogP contribution in [-0.4, -0.2) is 23.2 Å². The van der Waals surface area contributed by atoms with Crippen LogP contribution in [-0.2, 0) is 4.79 Å². The molecule has 0 aliphatic rings. The fraction of sp³-hybridized carbons (Fsp3) is 0.190. The van der Waals surface area contributed by atoms with Crippen LogP contribution in [0.1, 0.15) is 12.0 Å². The topological polar surface area (TPSA) is 57.0 Å². The van der Waals surface area contributed by atoms with E-state index < -0.39 is 0 Å². The van der Waals surface area contributed by atoms with Gasteiger partial charge in [0.1, 0.15) is 5.82 Å². The van der Waals surface area contributed by atoms with Crippen LogP contribution in [0.2, 0.25) is 0 Å². The molecule has 3 aromatic rings. The molecule has 28 heavy (non-hydrogen) atoms. The molecule has 0 fully saturated rings. The Morgan fingerprint density at radius 2 is 1.93 bits per heavy atom. The largest absolute Gasteiger partial charge is 0.311 e. The van der Waals surface area contributed by atoms with Gasteiger partial charge in [0, 0.05) is 23.2 Å². The summed E-state index contributed by atoms with van der Waals surface area (Å²) in [6.45, 7) is 2.31. The van der Waals surface area contributed by atoms with E-state index in [1.807, 2.05) is 42.6 Å². The number of thiazole rings is 1. The van der Waals surface area contributed by atoms with Crippen LogP contribution in [0.15, 0.2) is 58.3 Å². The number of hydrogen-bond donors (Lipinski definition) is 0. The van der Waals surface area contributed by atoms with Gasteiger partial charge in [-0.3, -0.25) is 4.79 Å². The van der Waals surface area contributed by atoms with Crippen LogP contribution in [0.4, 0.5) is 10.1 Å². The fourth-order valence-electron chi connectivity index (χ4n) is 2.56. The zero-order valence-electron chi connectivity index (χ0n) is 15.3. The molecule has 142 valence electrons. The maximum Gasteiger partial charge on any atom is 0.237 e. The molecule has 0 N–H and O–H groups in total. The zero-order chi connectivity index (χ0) is 19.9. The van der Waals surface area contributed by atoms with Crippen molar-refractivity contribution in [2.24, 2.45) is 0 Å². The van der Waals surface area contributed by atoms with Crippen molar-refractivity contribution in [1.29, 1.82) is 5.26 Å². The number of thioether (sulfide) groups is 1. The second-order valence-electron chi connectivity index (χ2n) is 6.08. The first-order chi connectivity index (χ1) is 13.6. The van der Waals surface area contributed by atoms with Crippen molar-refractivity contribution in [3.05, 3.63) is 65.3 Å². The molecule has 0 atom stereocenters. The molecule has 4 nitrogen and oxygen atoms in total. The normalized spacial score (nSPS) is 10.5. The molecule has 2 aromatic carbocycles. The van der Waals surface area contributed by atoms with E-state index in [2.05, 4.69) is 4.98 Å². The van der Waals surface area contributed by atoms with E-state index in [-0.39, 0.29) is 30.4 Å². The molecule has 0 aliphatic carbocycles. The zero-order valence-corrected chi connectivity index (χ0v) is 16.9. The van der Waals surface area contributed by atoms with E-state index in [1.165, 1.54) is 45.7 Å². The predicted octanol–water partition coefficient (Wildman–Crippen LogP) is 5.30. The molecule has 1 aromatic heterocycles. The number of nitriles is 1. The summed E-state index contributed by atoms with van der Waals surface area (Å²) in [5.74, 6) is -0.305. The summed E-state index contributed by atoms with van der Waals surface area (Å²) < 4.78 is 14.0. The van der Waals surface area contributed by atoms with E-state index >= 15 is 0 Å². The van der Waals surface area contributed by atoms with Crippen molar-refractivity contribution in [1.82, 2.24) is 4.98 Å². The molecular formula is C21H18FN3OS2. The number of nitrogens with zero attached hydrogens (tertiary/aromatic N) is 3. The first-order valence-corrected chi connectivity index (χ1v) is 10.5. The second kappa shape index (κ2) is 9.49. The van der Waals surface area contributed by atoms with Crippen LogP contribution in [0.5, 0.6) is 0 Å². The Morgan fingerprint density at radius 3 is 2.61 bits per heavy atom. The van der Waals surface area contributed by atoms with Crippen molar-refractivity contribution in [3.8, 4) is 17.3 Å². The third kappa shape index (κ3) is 5.18. The van der Waals surface area contributed by atoms with Gasteiger partial charge in [-0.2, -0.15) is 5.26 Å². The minimum atomic E-state index is -0.364. The van der Waals surface area contributed by atoms with Crippen LogP contribution < -0.4 is 4.90 Å².